The number of benzene rings is 2. The first-order valence-electron chi connectivity index (χ1n) is 7.50. The van der Waals surface area contributed by atoms with E-state index in [1.54, 1.807) is 24.3 Å². The van der Waals surface area contributed by atoms with Crippen LogP contribution in [-0.4, -0.2) is 31.4 Å². The van der Waals surface area contributed by atoms with Gasteiger partial charge < -0.3 is 19.5 Å². The topological polar surface area (TPSA) is 56.8 Å². The number of fused-ring (bicyclic) bond motifs is 1. The zero-order chi connectivity index (χ0) is 18.7. The molecule has 1 N–H and O–H groups in total. The molecule has 26 heavy (non-hydrogen) atoms. The fraction of sp³-hybridized carbons (Fsp3) is 0.235. The van der Waals surface area contributed by atoms with Gasteiger partial charge in [0.2, 0.25) is 6.10 Å². The Morgan fingerprint density at radius 1 is 1.23 bits per heavy atom. The first kappa shape index (κ1) is 18.2. The lowest BCUT2D eigenvalue weighted by molar-refractivity contribution is -0.153. The lowest BCUT2D eigenvalue weighted by Crippen LogP contribution is -2.40. The van der Waals surface area contributed by atoms with Crippen molar-refractivity contribution < 1.29 is 32.2 Å². The van der Waals surface area contributed by atoms with E-state index in [2.05, 4.69) is 5.32 Å². The molecular formula is C17H13ClF3NO4. The molecule has 0 radical (unpaired) electrons. The Labute approximate surface area is 151 Å². The van der Waals surface area contributed by atoms with Gasteiger partial charge in [-0.05, 0) is 30.3 Å². The largest absolute Gasteiger partial charge is 0.485 e. The average molecular weight is 388 g/mol. The molecule has 0 fully saturated rings. The minimum Gasteiger partial charge on any atom is -0.485 e. The van der Waals surface area contributed by atoms with E-state index < -0.39 is 24.8 Å². The molecule has 2 aromatic carbocycles. The summed E-state index contributed by atoms with van der Waals surface area (Å²) in [5.41, 5.74) is 0.00853. The molecule has 0 aromatic heterocycles. The average Bonchev–Trinajstić information content (AvgIpc) is 2.60. The number of para-hydroxylation sites is 2. The van der Waals surface area contributed by atoms with Crippen molar-refractivity contribution >= 4 is 23.2 Å². The third-order valence-electron chi connectivity index (χ3n) is 3.39. The van der Waals surface area contributed by atoms with E-state index in [9.17, 15) is 18.0 Å². The molecule has 0 saturated heterocycles. The summed E-state index contributed by atoms with van der Waals surface area (Å²) in [6, 6.07) is 10.7. The third-order valence-corrected chi connectivity index (χ3v) is 3.63. The second-order valence-electron chi connectivity index (χ2n) is 5.40. The molecule has 0 saturated carbocycles. The summed E-state index contributed by atoms with van der Waals surface area (Å²) in [5, 5.41) is 2.70. The molecule has 1 amide bonds. The van der Waals surface area contributed by atoms with Gasteiger partial charge in [-0.25, -0.2) is 0 Å². The number of ether oxygens (including phenoxy) is 3. The van der Waals surface area contributed by atoms with E-state index in [0.717, 1.165) is 0 Å². The zero-order valence-electron chi connectivity index (χ0n) is 13.2. The van der Waals surface area contributed by atoms with Crippen molar-refractivity contribution in [3.63, 3.8) is 0 Å². The van der Waals surface area contributed by atoms with E-state index in [-0.39, 0.29) is 23.1 Å². The molecule has 5 nitrogen and oxygen atoms in total. The number of rotatable bonds is 4. The molecule has 0 aliphatic carbocycles. The van der Waals surface area contributed by atoms with E-state index in [1.807, 2.05) is 0 Å². The Kier molecular flexibility index (Phi) is 5.13. The van der Waals surface area contributed by atoms with Crippen LogP contribution in [0.15, 0.2) is 42.5 Å². The predicted molar refractivity (Wildman–Crippen MR) is 88.0 cm³/mol. The van der Waals surface area contributed by atoms with Gasteiger partial charge in [-0.1, -0.05) is 23.7 Å². The van der Waals surface area contributed by atoms with Crippen LogP contribution in [0, 0.1) is 0 Å². The Hall–Kier alpha value is -2.61. The van der Waals surface area contributed by atoms with Gasteiger partial charge in [-0.15, -0.1) is 0 Å². The van der Waals surface area contributed by atoms with Crippen LogP contribution in [0.25, 0.3) is 0 Å². The van der Waals surface area contributed by atoms with Crippen LogP contribution in [0.4, 0.5) is 18.9 Å². The first-order valence-corrected chi connectivity index (χ1v) is 7.88. The van der Waals surface area contributed by atoms with E-state index in [4.69, 9.17) is 25.8 Å². The quantitative estimate of drug-likeness (QED) is 0.859. The second-order valence-corrected chi connectivity index (χ2v) is 5.83. The summed E-state index contributed by atoms with van der Waals surface area (Å²) < 4.78 is 52.9. The van der Waals surface area contributed by atoms with Gasteiger partial charge in [0.05, 0.1) is 5.69 Å². The predicted octanol–water partition coefficient (Wildman–Crippen LogP) is 4.06. The maximum Gasteiger partial charge on any atom is 0.422 e. The molecule has 3 rings (SSSR count). The normalized spacial score (nSPS) is 16.1. The number of hydrogen-bond acceptors (Lipinski definition) is 4. The molecule has 9 heteroatoms. The first-order chi connectivity index (χ1) is 12.3. The molecule has 1 aliphatic heterocycles. The number of amides is 1. The molecule has 0 spiro atoms. The van der Waals surface area contributed by atoms with Crippen molar-refractivity contribution in [2.24, 2.45) is 0 Å². The van der Waals surface area contributed by atoms with Crippen molar-refractivity contribution in [1.82, 2.24) is 0 Å². The molecular weight excluding hydrogens is 375 g/mol. The number of anilines is 1. The molecule has 138 valence electrons. The highest BCUT2D eigenvalue weighted by atomic mass is 35.5. The van der Waals surface area contributed by atoms with Gasteiger partial charge in [0.1, 0.15) is 12.4 Å². The number of hydrogen-bond donors (Lipinski definition) is 1. The van der Waals surface area contributed by atoms with E-state index >= 15 is 0 Å². The van der Waals surface area contributed by atoms with Crippen molar-refractivity contribution in [2.75, 3.05) is 18.5 Å². The minimum atomic E-state index is -4.51. The summed E-state index contributed by atoms with van der Waals surface area (Å²) in [5.74, 6) is 0.155. The highest BCUT2D eigenvalue weighted by Crippen LogP contribution is 2.33. The number of halogens is 4. The zero-order valence-corrected chi connectivity index (χ0v) is 13.9. The molecule has 0 bridgehead atoms. The third kappa shape index (κ3) is 4.51. The maximum absolute atomic E-state index is 12.4. The summed E-state index contributed by atoms with van der Waals surface area (Å²) in [6.07, 6.45) is -5.48. The Morgan fingerprint density at radius 3 is 2.69 bits per heavy atom. The number of carbonyl (C=O) groups is 1. The molecule has 1 atom stereocenters. The molecule has 2 aromatic rings. The van der Waals surface area contributed by atoms with E-state index in [1.165, 1.54) is 18.2 Å². The summed E-state index contributed by atoms with van der Waals surface area (Å²) in [7, 11) is 0. The Balaban J connectivity index is 1.72. The van der Waals surface area contributed by atoms with Crippen molar-refractivity contribution in [1.29, 1.82) is 0 Å². The fourth-order valence-corrected chi connectivity index (χ4v) is 2.42. The standard InChI is InChI=1S/C17H13ClF3NO4/c18-10-5-6-12(25-9-17(19,20)21)11(7-10)22-16(23)15-8-24-13-3-1-2-4-14(13)26-15/h1-7,15H,8-9H2,(H,22,23)/t15-/m0/s1. The van der Waals surface area contributed by atoms with Crippen molar-refractivity contribution in [3.05, 3.63) is 47.5 Å². The molecule has 0 unspecified atom stereocenters. The van der Waals surface area contributed by atoms with Crippen LogP contribution < -0.4 is 19.5 Å². The van der Waals surface area contributed by atoms with Gasteiger partial charge >= 0.3 is 6.18 Å². The van der Waals surface area contributed by atoms with Gasteiger partial charge in [0.15, 0.2) is 18.1 Å². The lowest BCUT2D eigenvalue weighted by Gasteiger charge is -2.25. The smallest absolute Gasteiger partial charge is 0.422 e. The van der Waals surface area contributed by atoms with Crippen LogP contribution in [0.3, 0.4) is 0 Å². The van der Waals surface area contributed by atoms with Crippen molar-refractivity contribution in [2.45, 2.75) is 12.3 Å². The summed E-state index contributed by atoms with van der Waals surface area (Å²) in [4.78, 5) is 12.4. The summed E-state index contributed by atoms with van der Waals surface area (Å²) >= 11 is 5.86. The van der Waals surface area contributed by atoms with Gasteiger partial charge in [-0.2, -0.15) is 13.2 Å². The number of nitrogens with one attached hydrogen (secondary N) is 1. The lowest BCUT2D eigenvalue weighted by atomic mass is 10.2. The highest BCUT2D eigenvalue weighted by Gasteiger charge is 2.30. The van der Waals surface area contributed by atoms with Crippen LogP contribution in [0.1, 0.15) is 0 Å². The van der Waals surface area contributed by atoms with Crippen molar-refractivity contribution in [3.8, 4) is 17.2 Å². The second kappa shape index (κ2) is 7.33. The molecule has 1 aliphatic rings. The summed E-state index contributed by atoms with van der Waals surface area (Å²) in [6.45, 7) is -1.53. The van der Waals surface area contributed by atoms with Gasteiger partial charge in [-0.3, -0.25) is 4.79 Å². The van der Waals surface area contributed by atoms with Crippen LogP contribution in [-0.2, 0) is 4.79 Å². The van der Waals surface area contributed by atoms with Crippen LogP contribution in [0.2, 0.25) is 5.02 Å². The van der Waals surface area contributed by atoms with Crippen LogP contribution >= 0.6 is 11.6 Å². The van der Waals surface area contributed by atoms with Gasteiger partial charge in [0, 0.05) is 5.02 Å². The highest BCUT2D eigenvalue weighted by molar-refractivity contribution is 6.31. The van der Waals surface area contributed by atoms with Gasteiger partial charge in [0.25, 0.3) is 5.91 Å². The van der Waals surface area contributed by atoms with Crippen LogP contribution in [0.5, 0.6) is 17.2 Å². The molecule has 1 heterocycles. The minimum absolute atomic E-state index is 0.00853. The fourth-order valence-electron chi connectivity index (χ4n) is 2.25. The monoisotopic (exact) mass is 387 g/mol. The Bertz CT molecular complexity index is 813. The van der Waals surface area contributed by atoms with E-state index in [0.29, 0.717) is 11.5 Å². The Morgan fingerprint density at radius 2 is 1.96 bits per heavy atom. The number of alkyl halides is 3. The number of carbonyl (C=O) groups excluding carboxylic acids is 1. The SMILES string of the molecule is O=C(Nc1cc(Cl)ccc1OCC(F)(F)F)[C@@H]1COc2ccccc2O1. The maximum atomic E-state index is 12.4.